The van der Waals surface area contributed by atoms with Crippen LogP contribution in [-0.4, -0.2) is 26.6 Å². The average Bonchev–Trinajstić information content (AvgIpc) is 2.84. The summed E-state index contributed by atoms with van der Waals surface area (Å²) in [6, 6.07) is 8.38. The SMILES string of the molecule is Cc1snnc1/C=C(\NC(=O)c1ccccc1)C(=O)O. The highest BCUT2D eigenvalue weighted by atomic mass is 32.1. The van der Waals surface area contributed by atoms with Crippen LogP contribution < -0.4 is 5.32 Å². The van der Waals surface area contributed by atoms with E-state index in [0.29, 0.717) is 11.3 Å². The van der Waals surface area contributed by atoms with E-state index in [9.17, 15) is 9.59 Å². The van der Waals surface area contributed by atoms with Gasteiger partial charge < -0.3 is 10.4 Å². The molecule has 1 aromatic carbocycles. The summed E-state index contributed by atoms with van der Waals surface area (Å²) in [5.74, 6) is -1.72. The van der Waals surface area contributed by atoms with E-state index in [1.165, 1.54) is 6.08 Å². The Morgan fingerprint density at radius 3 is 2.55 bits per heavy atom. The van der Waals surface area contributed by atoms with Gasteiger partial charge in [0, 0.05) is 10.4 Å². The standard InChI is InChI=1S/C13H11N3O3S/c1-8-10(15-16-20-8)7-11(13(18)19)14-12(17)9-5-3-2-4-6-9/h2-7H,1H3,(H,14,17)(H,18,19)/b11-7-. The van der Waals surface area contributed by atoms with Crippen LogP contribution in [0.1, 0.15) is 20.9 Å². The van der Waals surface area contributed by atoms with Crippen molar-refractivity contribution in [1.82, 2.24) is 14.9 Å². The Kier molecular flexibility index (Phi) is 4.21. The first-order valence-corrected chi connectivity index (χ1v) is 6.45. The molecule has 0 bridgehead atoms. The van der Waals surface area contributed by atoms with E-state index in [-0.39, 0.29) is 5.70 Å². The second kappa shape index (κ2) is 6.07. The second-order valence-corrected chi connectivity index (χ2v) is 4.86. The maximum atomic E-state index is 11.9. The van der Waals surface area contributed by atoms with Gasteiger partial charge in [0.15, 0.2) is 0 Å². The third-order valence-corrected chi connectivity index (χ3v) is 3.13. The molecule has 0 aliphatic carbocycles. The summed E-state index contributed by atoms with van der Waals surface area (Å²) in [5.41, 5.74) is 0.572. The maximum absolute atomic E-state index is 11.9. The van der Waals surface area contributed by atoms with Crippen LogP contribution in [0.15, 0.2) is 36.0 Å². The molecule has 0 saturated carbocycles. The fourth-order valence-electron chi connectivity index (χ4n) is 1.45. The zero-order valence-corrected chi connectivity index (χ0v) is 11.3. The number of aliphatic carboxylic acids is 1. The summed E-state index contributed by atoms with van der Waals surface area (Å²) in [6.45, 7) is 1.77. The number of carboxylic acids is 1. The van der Waals surface area contributed by atoms with Gasteiger partial charge in [-0.2, -0.15) is 0 Å². The van der Waals surface area contributed by atoms with Crippen molar-refractivity contribution >= 4 is 29.5 Å². The van der Waals surface area contributed by atoms with Crippen molar-refractivity contribution in [3.8, 4) is 0 Å². The van der Waals surface area contributed by atoms with Gasteiger partial charge in [0.25, 0.3) is 5.91 Å². The summed E-state index contributed by atoms with van der Waals surface area (Å²) < 4.78 is 3.71. The first-order valence-electron chi connectivity index (χ1n) is 5.68. The number of aryl methyl sites for hydroxylation is 1. The Morgan fingerprint density at radius 1 is 1.30 bits per heavy atom. The summed E-state index contributed by atoms with van der Waals surface area (Å²) in [6.07, 6.45) is 1.29. The molecular weight excluding hydrogens is 278 g/mol. The Bertz CT molecular complexity index is 665. The van der Waals surface area contributed by atoms with Crippen molar-refractivity contribution in [2.45, 2.75) is 6.92 Å². The van der Waals surface area contributed by atoms with Crippen molar-refractivity contribution < 1.29 is 14.7 Å². The molecule has 2 N–H and O–H groups in total. The Hall–Kier alpha value is -2.54. The van der Waals surface area contributed by atoms with Crippen molar-refractivity contribution in [2.75, 3.05) is 0 Å². The first kappa shape index (κ1) is 13.9. The molecule has 1 heterocycles. The van der Waals surface area contributed by atoms with Gasteiger partial charge in [-0.3, -0.25) is 4.79 Å². The van der Waals surface area contributed by atoms with Crippen LogP contribution in [0.5, 0.6) is 0 Å². The lowest BCUT2D eigenvalue weighted by atomic mass is 10.2. The molecule has 6 nitrogen and oxygen atoms in total. The van der Waals surface area contributed by atoms with Crippen LogP contribution in [0, 0.1) is 6.92 Å². The number of hydrogen-bond acceptors (Lipinski definition) is 5. The fourth-order valence-corrected chi connectivity index (χ4v) is 1.89. The first-order chi connectivity index (χ1) is 9.58. The molecule has 1 amide bonds. The average molecular weight is 289 g/mol. The van der Waals surface area contributed by atoms with E-state index in [4.69, 9.17) is 5.11 Å². The van der Waals surface area contributed by atoms with Gasteiger partial charge in [-0.15, -0.1) is 5.10 Å². The van der Waals surface area contributed by atoms with E-state index < -0.39 is 11.9 Å². The van der Waals surface area contributed by atoms with Crippen LogP contribution in [0.2, 0.25) is 0 Å². The maximum Gasteiger partial charge on any atom is 0.352 e. The van der Waals surface area contributed by atoms with Crippen molar-refractivity contribution in [3.63, 3.8) is 0 Å². The summed E-state index contributed by atoms with van der Waals surface area (Å²) in [4.78, 5) is 23.9. The molecular formula is C13H11N3O3S. The highest BCUT2D eigenvalue weighted by Gasteiger charge is 2.14. The number of nitrogens with zero attached hydrogens (tertiary/aromatic N) is 2. The number of carboxylic acid groups (broad SMARTS) is 1. The molecule has 0 fully saturated rings. The van der Waals surface area contributed by atoms with Gasteiger partial charge in [-0.1, -0.05) is 22.7 Å². The van der Waals surface area contributed by atoms with Crippen molar-refractivity contribution in [1.29, 1.82) is 0 Å². The summed E-state index contributed by atoms with van der Waals surface area (Å²) in [5, 5.41) is 15.3. The van der Waals surface area contributed by atoms with Crippen LogP contribution in [0.25, 0.3) is 6.08 Å². The monoisotopic (exact) mass is 289 g/mol. The van der Waals surface area contributed by atoms with Gasteiger partial charge in [0.1, 0.15) is 11.4 Å². The van der Waals surface area contributed by atoms with Crippen molar-refractivity contribution in [2.24, 2.45) is 0 Å². The summed E-state index contributed by atoms with van der Waals surface area (Å²) in [7, 11) is 0. The van der Waals surface area contributed by atoms with E-state index in [0.717, 1.165) is 16.4 Å². The second-order valence-electron chi connectivity index (χ2n) is 3.90. The predicted molar refractivity (Wildman–Crippen MR) is 74.2 cm³/mol. The number of rotatable bonds is 4. The van der Waals surface area contributed by atoms with Crippen LogP contribution >= 0.6 is 11.5 Å². The number of hydrogen-bond donors (Lipinski definition) is 2. The minimum atomic E-state index is -1.23. The highest BCUT2D eigenvalue weighted by molar-refractivity contribution is 7.05. The molecule has 1 aromatic heterocycles. The molecule has 0 atom stereocenters. The molecule has 20 heavy (non-hydrogen) atoms. The number of nitrogens with one attached hydrogen (secondary N) is 1. The van der Waals surface area contributed by atoms with E-state index in [1.807, 2.05) is 0 Å². The molecule has 7 heteroatoms. The zero-order chi connectivity index (χ0) is 14.5. The molecule has 0 unspecified atom stereocenters. The van der Waals surface area contributed by atoms with Crippen LogP contribution in [0.3, 0.4) is 0 Å². The Labute approximate surface area is 118 Å². The fraction of sp³-hybridized carbons (Fsp3) is 0.0769. The van der Waals surface area contributed by atoms with Gasteiger partial charge in [0.2, 0.25) is 0 Å². The number of carbonyl (C=O) groups is 2. The van der Waals surface area contributed by atoms with E-state index >= 15 is 0 Å². The molecule has 102 valence electrons. The number of benzene rings is 1. The van der Waals surface area contributed by atoms with Crippen LogP contribution in [0.4, 0.5) is 0 Å². The zero-order valence-electron chi connectivity index (χ0n) is 10.5. The van der Waals surface area contributed by atoms with Crippen LogP contribution in [-0.2, 0) is 4.79 Å². The molecule has 2 aromatic rings. The van der Waals surface area contributed by atoms with Crippen molar-refractivity contribution in [3.05, 3.63) is 52.2 Å². The topological polar surface area (TPSA) is 92.2 Å². The van der Waals surface area contributed by atoms with Gasteiger partial charge >= 0.3 is 5.97 Å². The molecule has 0 aliphatic rings. The largest absolute Gasteiger partial charge is 0.477 e. The molecule has 0 saturated heterocycles. The Morgan fingerprint density at radius 2 is 2.00 bits per heavy atom. The lowest BCUT2D eigenvalue weighted by Gasteiger charge is -2.05. The number of aromatic nitrogens is 2. The van der Waals surface area contributed by atoms with E-state index in [1.54, 1.807) is 37.3 Å². The molecule has 2 rings (SSSR count). The quantitative estimate of drug-likeness (QED) is 0.836. The van der Waals surface area contributed by atoms with Gasteiger partial charge in [-0.05, 0) is 36.7 Å². The van der Waals surface area contributed by atoms with Gasteiger partial charge in [0.05, 0.1) is 0 Å². The molecule has 0 radical (unpaired) electrons. The van der Waals surface area contributed by atoms with E-state index in [2.05, 4.69) is 14.9 Å². The minimum Gasteiger partial charge on any atom is -0.477 e. The predicted octanol–water partition coefficient (Wildman–Crippen LogP) is 1.70. The third-order valence-electron chi connectivity index (χ3n) is 2.48. The highest BCUT2D eigenvalue weighted by Crippen LogP contribution is 2.12. The van der Waals surface area contributed by atoms with Gasteiger partial charge in [-0.25, -0.2) is 4.79 Å². The molecule has 0 spiro atoms. The normalized spacial score (nSPS) is 11.2. The lowest BCUT2D eigenvalue weighted by molar-refractivity contribution is -0.132. The summed E-state index contributed by atoms with van der Waals surface area (Å²) >= 11 is 1.16. The number of carbonyl (C=O) groups excluding carboxylic acids is 1. The minimum absolute atomic E-state index is 0.241. The smallest absolute Gasteiger partial charge is 0.352 e. The third kappa shape index (κ3) is 3.27. The lowest BCUT2D eigenvalue weighted by Crippen LogP contribution is -2.27. The Balaban J connectivity index is 2.23. The molecule has 0 aliphatic heterocycles. The number of amides is 1.